The number of rotatable bonds is 5. The van der Waals surface area contributed by atoms with Gasteiger partial charge in [0.1, 0.15) is 0 Å². The molecule has 0 N–H and O–H groups in total. The molecule has 0 saturated heterocycles. The van der Waals surface area contributed by atoms with E-state index < -0.39 is 23.4 Å². The third-order valence-electron chi connectivity index (χ3n) is 2.35. The van der Waals surface area contributed by atoms with Crippen molar-refractivity contribution in [3.63, 3.8) is 0 Å². The average Bonchev–Trinajstić information content (AvgIpc) is 2.34. The molecule has 3 nitrogen and oxygen atoms in total. The number of likely N-dealkylation sites (N-methyl/N-ethyl adjacent to an activating group) is 1. The molecule has 1 aromatic carbocycles. The molecule has 100 valence electrons. The Balaban J connectivity index is 2.77. The zero-order valence-electron chi connectivity index (χ0n) is 10.2. The third-order valence-corrected chi connectivity index (χ3v) is 2.35. The Labute approximate surface area is 103 Å². The van der Waals surface area contributed by atoms with Crippen molar-refractivity contribution < 1.29 is 22.7 Å². The van der Waals surface area contributed by atoms with E-state index in [0.717, 1.165) is 0 Å². The van der Waals surface area contributed by atoms with E-state index in [1.165, 1.54) is 11.9 Å². The van der Waals surface area contributed by atoms with Gasteiger partial charge in [-0.25, -0.2) is 13.2 Å². The standard InChI is InChI=1S/C12H14F3NO2/c1-3-18-5-4-16(2)12(17)8-6-9(13)11(15)10(14)7-8/h6-7H,3-5H2,1-2H3. The first-order chi connectivity index (χ1) is 8.47. The second-order valence-corrected chi connectivity index (χ2v) is 3.68. The van der Waals surface area contributed by atoms with Gasteiger partial charge in [0.05, 0.1) is 6.61 Å². The average molecular weight is 261 g/mol. The lowest BCUT2D eigenvalue weighted by Gasteiger charge is -2.17. The molecule has 0 heterocycles. The SMILES string of the molecule is CCOCCN(C)C(=O)c1cc(F)c(F)c(F)c1. The molecule has 0 aliphatic heterocycles. The maximum atomic E-state index is 13.0. The lowest BCUT2D eigenvalue weighted by Crippen LogP contribution is -2.30. The molecule has 0 aliphatic carbocycles. The van der Waals surface area contributed by atoms with E-state index in [1.807, 2.05) is 6.92 Å². The first kappa shape index (κ1) is 14.5. The highest BCUT2D eigenvalue weighted by molar-refractivity contribution is 5.94. The fourth-order valence-electron chi connectivity index (χ4n) is 1.35. The van der Waals surface area contributed by atoms with Gasteiger partial charge < -0.3 is 9.64 Å². The van der Waals surface area contributed by atoms with E-state index in [4.69, 9.17) is 4.74 Å². The molecule has 1 rings (SSSR count). The summed E-state index contributed by atoms with van der Waals surface area (Å²) in [7, 11) is 1.47. The molecule has 0 atom stereocenters. The molecular weight excluding hydrogens is 247 g/mol. The van der Waals surface area contributed by atoms with E-state index in [2.05, 4.69) is 0 Å². The number of nitrogens with zero attached hydrogens (tertiary/aromatic N) is 1. The van der Waals surface area contributed by atoms with Crippen LogP contribution in [-0.2, 0) is 4.74 Å². The molecule has 1 aromatic rings. The molecule has 0 radical (unpaired) electrons. The van der Waals surface area contributed by atoms with E-state index in [9.17, 15) is 18.0 Å². The van der Waals surface area contributed by atoms with Gasteiger partial charge in [0, 0.05) is 25.8 Å². The van der Waals surface area contributed by atoms with E-state index >= 15 is 0 Å². The second-order valence-electron chi connectivity index (χ2n) is 3.68. The van der Waals surface area contributed by atoms with Crippen molar-refractivity contribution in [2.24, 2.45) is 0 Å². The van der Waals surface area contributed by atoms with Crippen molar-refractivity contribution in [1.82, 2.24) is 4.90 Å². The van der Waals surface area contributed by atoms with Crippen molar-refractivity contribution in [2.75, 3.05) is 26.8 Å². The number of hydrogen-bond acceptors (Lipinski definition) is 2. The summed E-state index contributed by atoms with van der Waals surface area (Å²) in [5, 5.41) is 0. The number of carbonyl (C=O) groups excluding carboxylic acids is 1. The van der Waals surface area contributed by atoms with E-state index in [-0.39, 0.29) is 12.1 Å². The highest BCUT2D eigenvalue weighted by Gasteiger charge is 2.17. The first-order valence-electron chi connectivity index (χ1n) is 5.45. The summed E-state index contributed by atoms with van der Waals surface area (Å²) in [5.41, 5.74) is -0.231. The maximum absolute atomic E-state index is 13.0. The molecule has 0 aromatic heterocycles. The Kier molecular flexibility index (Phi) is 5.15. The number of benzene rings is 1. The lowest BCUT2D eigenvalue weighted by molar-refractivity contribution is 0.0709. The molecule has 0 saturated carbocycles. The van der Waals surface area contributed by atoms with Crippen LogP contribution in [0.3, 0.4) is 0 Å². The molecular formula is C12H14F3NO2. The predicted molar refractivity (Wildman–Crippen MR) is 59.8 cm³/mol. The van der Waals surface area contributed by atoms with Crippen molar-refractivity contribution in [2.45, 2.75) is 6.92 Å². The van der Waals surface area contributed by atoms with Crippen LogP contribution in [0.1, 0.15) is 17.3 Å². The van der Waals surface area contributed by atoms with Crippen LogP contribution in [0, 0.1) is 17.5 Å². The molecule has 18 heavy (non-hydrogen) atoms. The van der Waals surface area contributed by atoms with Crippen LogP contribution in [-0.4, -0.2) is 37.6 Å². The Morgan fingerprint density at radius 3 is 2.33 bits per heavy atom. The van der Waals surface area contributed by atoms with Gasteiger partial charge in [-0.1, -0.05) is 0 Å². The number of amides is 1. The van der Waals surface area contributed by atoms with Gasteiger partial charge in [-0.3, -0.25) is 4.79 Å². The highest BCUT2D eigenvalue weighted by Crippen LogP contribution is 2.14. The van der Waals surface area contributed by atoms with E-state index in [1.54, 1.807) is 0 Å². The molecule has 0 aliphatic rings. The minimum atomic E-state index is -1.58. The van der Waals surface area contributed by atoms with Crippen molar-refractivity contribution in [3.05, 3.63) is 35.1 Å². The first-order valence-corrected chi connectivity index (χ1v) is 5.45. The Morgan fingerprint density at radius 1 is 1.28 bits per heavy atom. The normalized spacial score (nSPS) is 10.5. The summed E-state index contributed by atoms with van der Waals surface area (Å²) in [6.45, 7) is 2.94. The summed E-state index contributed by atoms with van der Waals surface area (Å²) >= 11 is 0. The molecule has 6 heteroatoms. The Morgan fingerprint density at radius 2 is 1.83 bits per heavy atom. The Bertz CT molecular complexity index is 414. The molecule has 0 spiro atoms. The van der Waals surface area contributed by atoms with Crippen LogP contribution in [0.4, 0.5) is 13.2 Å². The molecule has 0 unspecified atom stereocenters. The van der Waals surface area contributed by atoms with Crippen molar-refractivity contribution in [3.8, 4) is 0 Å². The number of hydrogen-bond donors (Lipinski definition) is 0. The van der Waals surface area contributed by atoms with Crippen LogP contribution in [0.5, 0.6) is 0 Å². The zero-order valence-corrected chi connectivity index (χ0v) is 10.2. The minimum Gasteiger partial charge on any atom is -0.380 e. The maximum Gasteiger partial charge on any atom is 0.253 e. The van der Waals surface area contributed by atoms with Gasteiger partial charge in [-0.05, 0) is 19.1 Å². The summed E-state index contributed by atoms with van der Waals surface area (Å²) in [6.07, 6.45) is 0. The van der Waals surface area contributed by atoms with Crippen molar-refractivity contribution in [1.29, 1.82) is 0 Å². The molecule has 0 fully saturated rings. The van der Waals surface area contributed by atoms with Gasteiger partial charge in [-0.2, -0.15) is 0 Å². The number of halogens is 3. The van der Waals surface area contributed by atoms with Crippen molar-refractivity contribution >= 4 is 5.91 Å². The predicted octanol–water partition coefficient (Wildman–Crippen LogP) is 2.21. The summed E-state index contributed by atoms with van der Waals surface area (Å²) in [6, 6.07) is 1.36. The zero-order chi connectivity index (χ0) is 13.7. The van der Waals surface area contributed by atoms with Crippen LogP contribution >= 0.6 is 0 Å². The Hall–Kier alpha value is -1.56. The van der Waals surface area contributed by atoms with Gasteiger partial charge in [0.2, 0.25) is 0 Å². The second kappa shape index (κ2) is 6.39. The summed E-state index contributed by atoms with van der Waals surface area (Å²) in [4.78, 5) is 13.0. The van der Waals surface area contributed by atoms with Crippen LogP contribution in [0.25, 0.3) is 0 Å². The molecule has 1 amide bonds. The number of carbonyl (C=O) groups is 1. The lowest BCUT2D eigenvalue weighted by atomic mass is 10.2. The van der Waals surface area contributed by atoms with Gasteiger partial charge in [0.15, 0.2) is 17.5 Å². The quantitative estimate of drug-likeness (QED) is 0.601. The minimum absolute atomic E-state index is 0.231. The van der Waals surface area contributed by atoms with Crippen LogP contribution in [0.15, 0.2) is 12.1 Å². The topological polar surface area (TPSA) is 29.5 Å². The highest BCUT2D eigenvalue weighted by atomic mass is 19.2. The summed E-state index contributed by atoms with van der Waals surface area (Å²) in [5.74, 6) is -4.93. The fraction of sp³-hybridized carbons (Fsp3) is 0.417. The number of ether oxygens (including phenoxy) is 1. The fourth-order valence-corrected chi connectivity index (χ4v) is 1.35. The van der Waals surface area contributed by atoms with Gasteiger partial charge in [-0.15, -0.1) is 0 Å². The largest absolute Gasteiger partial charge is 0.380 e. The van der Waals surface area contributed by atoms with Crippen LogP contribution < -0.4 is 0 Å². The van der Waals surface area contributed by atoms with Gasteiger partial charge in [0.25, 0.3) is 5.91 Å². The third kappa shape index (κ3) is 3.46. The monoisotopic (exact) mass is 261 g/mol. The van der Waals surface area contributed by atoms with Crippen LogP contribution in [0.2, 0.25) is 0 Å². The smallest absolute Gasteiger partial charge is 0.253 e. The van der Waals surface area contributed by atoms with E-state index in [0.29, 0.717) is 25.3 Å². The summed E-state index contributed by atoms with van der Waals surface area (Å²) < 4.78 is 43.7. The molecule has 0 bridgehead atoms. The van der Waals surface area contributed by atoms with Gasteiger partial charge >= 0.3 is 0 Å².